The summed E-state index contributed by atoms with van der Waals surface area (Å²) in [4.78, 5) is 49.6. The molecule has 3 aromatic rings. The fourth-order valence-electron chi connectivity index (χ4n) is 5.98. The van der Waals surface area contributed by atoms with E-state index >= 15 is 0 Å². The van der Waals surface area contributed by atoms with Crippen LogP contribution in [0.25, 0.3) is 22.3 Å². The Morgan fingerprint density at radius 3 is 1.76 bits per heavy atom. The summed E-state index contributed by atoms with van der Waals surface area (Å²) < 4.78 is 40.1. The lowest BCUT2D eigenvalue weighted by Crippen LogP contribution is -2.69. The van der Waals surface area contributed by atoms with Crippen molar-refractivity contribution in [1.82, 2.24) is 9.97 Å². The van der Waals surface area contributed by atoms with Gasteiger partial charge in [0.2, 0.25) is 0 Å². The maximum atomic E-state index is 13.8. The molecule has 20 nitrogen and oxygen atoms in total. The average Bonchev–Trinajstić information content (AvgIpc) is 3.04. The first-order valence-electron chi connectivity index (χ1n) is 14.2. The van der Waals surface area contributed by atoms with Crippen LogP contribution in [0.1, 0.15) is 5.56 Å². The predicted molar refractivity (Wildman–Crippen MR) is 166 cm³/mol. The zero-order valence-electron chi connectivity index (χ0n) is 24.7. The van der Waals surface area contributed by atoms with Gasteiger partial charge in [-0.2, -0.15) is 0 Å². The molecule has 5 rings (SSSR count). The van der Waals surface area contributed by atoms with Gasteiger partial charge < -0.3 is 65.6 Å². The van der Waals surface area contributed by atoms with Crippen LogP contribution < -0.4 is 5.56 Å². The molecular formula is C26H30Cl2N2O18P2. The largest absolute Gasteiger partial charge is 0.473 e. The molecule has 13 N–H and O–H groups in total. The molecule has 2 aromatic carbocycles. The second-order valence-corrected chi connectivity index (χ2v) is 15.0. The lowest BCUT2D eigenvalue weighted by Gasteiger charge is -2.51. The molecule has 2 aliphatic carbocycles. The standard InChI is InChI=1S/C26H30Cl2N2O18P2/c27-7-1-3-11(9(5-7)24-29-12-4-2-8(28)6-10(12)25(40)30-24)26(22(38)18(36)15(33)19(37)23(26)39)48-50(44,45)47-21-17(35)14(32)13(31)16(34)20(21)46-49(41,42)43/h1-6,13-23,31-39H,(H,44,45)(H,29,30,40)(H2,41,42,43)/t13-,14-,15?,16+,17+,18-,19+,20-,21+,22+,23+,26?/m1/s1. The van der Waals surface area contributed by atoms with Crippen LogP contribution in [0.3, 0.4) is 0 Å². The third kappa shape index (κ3) is 7.17. The Morgan fingerprint density at radius 1 is 0.700 bits per heavy atom. The van der Waals surface area contributed by atoms with E-state index < -0.39 is 105 Å². The Kier molecular flexibility index (Phi) is 11.1. The molecule has 2 fully saturated rings. The van der Waals surface area contributed by atoms with Crippen molar-refractivity contribution in [1.29, 1.82) is 0 Å². The van der Waals surface area contributed by atoms with E-state index in [2.05, 4.69) is 14.5 Å². The molecule has 1 aromatic heterocycles. The number of benzene rings is 2. The van der Waals surface area contributed by atoms with Gasteiger partial charge in [0, 0.05) is 21.2 Å². The van der Waals surface area contributed by atoms with E-state index in [1.807, 2.05) is 0 Å². The Bertz CT molecular complexity index is 1900. The van der Waals surface area contributed by atoms with E-state index in [9.17, 15) is 74.6 Å². The maximum Gasteiger partial charge on any atom is 0.473 e. The van der Waals surface area contributed by atoms with Crippen molar-refractivity contribution < 1.29 is 83.3 Å². The summed E-state index contributed by atoms with van der Waals surface area (Å²) in [6.45, 7) is 0. The second kappa shape index (κ2) is 14.1. The van der Waals surface area contributed by atoms with Gasteiger partial charge in [-0.1, -0.05) is 29.3 Å². The number of aromatic amines is 1. The van der Waals surface area contributed by atoms with Crippen LogP contribution in [0.5, 0.6) is 0 Å². The van der Waals surface area contributed by atoms with Crippen molar-refractivity contribution in [2.24, 2.45) is 0 Å². The molecule has 50 heavy (non-hydrogen) atoms. The quantitative estimate of drug-likeness (QED) is 0.104. The van der Waals surface area contributed by atoms with Gasteiger partial charge in [0.25, 0.3) is 5.56 Å². The molecule has 1 heterocycles. The molecule has 2 saturated carbocycles. The van der Waals surface area contributed by atoms with Gasteiger partial charge in [-0.15, -0.1) is 0 Å². The van der Waals surface area contributed by atoms with Gasteiger partial charge in [0.1, 0.15) is 73.0 Å². The molecule has 276 valence electrons. The van der Waals surface area contributed by atoms with Gasteiger partial charge >= 0.3 is 15.6 Å². The summed E-state index contributed by atoms with van der Waals surface area (Å²) in [5.74, 6) is -0.397. The molecule has 13 atom stereocenters. The maximum absolute atomic E-state index is 13.8. The van der Waals surface area contributed by atoms with Crippen LogP contribution in [0.2, 0.25) is 10.0 Å². The molecule has 2 aliphatic rings. The van der Waals surface area contributed by atoms with Gasteiger partial charge in [-0.3, -0.25) is 18.4 Å². The Hall–Kier alpha value is -1.98. The third-order valence-electron chi connectivity index (χ3n) is 8.38. The normalized spacial score (nSPS) is 36.3. The summed E-state index contributed by atoms with van der Waals surface area (Å²) in [5, 5.41) is 96.0. The molecule has 0 radical (unpaired) electrons. The number of halogens is 2. The van der Waals surface area contributed by atoms with Crippen LogP contribution in [0, 0.1) is 0 Å². The van der Waals surface area contributed by atoms with Gasteiger partial charge in [-0.25, -0.2) is 14.1 Å². The molecule has 3 unspecified atom stereocenters. The van der Waals surface area contributed by atoms with E-state index in [-0.39, 0.29) is 26.5 Å². The van der Waals surface area contributed by atoms with Gasteiger partial charge in [0.05, 0.1) is 10.9 Å². The number of fused-ring (bicyclic) bond motifs is 1. The molecule has 0 bridgehead atoms. The Labute approximate surface area is 289 Å². The molecular weight excluding hydrogens is 761 g/mol. The van der Waals surface area contributed by atoms with E-state index in [0.717, 1.165) is 18.2 Å². The minimum Gasteiger partial charge on any atom is -0.387 e. The van der Waals surface area contributed by atoms with Crippen molar-refractivity contribution in [3.63, 3.8) is 0 Å². The van der Waals surface area contributed by atoms with Crippen LogP contribution in [-0.4, -0.2) is 138 Å². The van der Waals surface area contributed by atoms with Crippen LogP contribution in [-0.2, 0) is 28.3 Å². The zero-order valence-corrected chi connectivity index (χ0v) is 28.0. The summed E-state index contributed by atoms with van der Waals surface area (Å²) in [6.07, 6.45) is -27.6. The van der Waals surface area contributed by atoms with Crippen LogP contribution in [0.15, 0.2) is 41.2 Å². The molecule has 0 spiro atoms. The fourth-order valence-corrected chi connectivity index (χ4v) is 8.17. The minimum absolute atomic E-state index is 0.00312. The van der Waals surface area contributed by atoms with E-state index in [1.54, 1.807) is 0 Å². The van der Waals surface area contributed by atoms with Crippen molar-refractivity contribution in [2.75, 3.05) is 0 Å². The molecule has 0 saturated heterocycles. The second-order valence-electron chi connectivity index (χ2n) is 11.6. The van der Waals surface area contributed by atoms with E-state index in [4.69, 9.17) is 32.2 Å². The Morgan fingerprint density at radius 2 is 1.20 bits per heavy atom. The number of phosphoric acid groups is 2. The predicted octanol–water partition coefficient (Wildman–Crippen LogP) is -2.65. The SMILES string of the molecule is O=c1[nH]c(-c2cc(Cl)ccc2C2(OP(=O)(O)O[C@H]3[C@@H](O)[C@H](O)[C@@H](O)[C@H](O)[C@H]3OP(=O)(O)O)[C@@H](O)[C@H](O)C(O)[C@H](O)[C@@H]2O)nc2ccc(Cl)cc12. The number of phosphoric ester groups is 2. The highest BCUT2D eigenvalue weighted by Crippen LogP contribution is 2.58. The number of aliphatic hydroxyl groups excluding tert-OH is 9. The minimum atomic E-state index is -6.16. The fraction of sp³-hybridized carbons (Fsp3) is 0.462. The van der Waals surface area contributed by atoms with E-state index in [0.29, 0.717) is 0 Å². The third-order valence-corrected chi connectivity index (χ3v) is 10.4. The number of hydrogen-bond acceptors (Lipinski definition) is 16. The topological polar surface area (TPSA) is 350 Å². The number of hydrogen-bond donors (Lipinski definition) is 13. The monoisotopic (exact) mass is 790 g/mol. The number of nitrogens with zero attached hydrogens (tertiary/aromatic N) is 1. The van der Waals surface area contributed by atoms with E-state index in [1.165, 1.54) is 18.2 Å². The van der Waals surface area contributed by atoms with Crippen molar-refractivity contribution in [3.8, 4) is 11.4 Å². The summed E-state index contributed by atoms with van der Waals surface area (Å²) >= 11 is 12.2. The summed E-state index contributed by atoms with van der Waals surface area (Å²) in [6, 6.07) is 7.13. The zero-order chi connectivity index (χ0) is 37.2. The van der Waals surface area contributed by atoms with Crippen LogP contribution in [0.4, 0.5) is 0 Å². The number of aliphatic hydroxyl groups is 9. The highest BCUT2D eigenvalue weighted by molar-refractivity contribution is 7.47. The van der Waals surface area contributed by atoms with Crippen molar-refractivity contribution in [3.05, 3.63) is 62.4 Å². The van der Waals surface area contributed by atoms with Crippen molar-refractivity contribution in [2.45, 2.75) is 72.7 Å². The lowest BCUT2D eigenvalue weighted by molar-refractivity contribution is -0.270. The first-order chi connectivity index (χ1) is 23.1. The molecule has 24 heteroatoms. The number of H-pyrrole nitrogens is 1. The van der Waals surface area contributed by atoms with Crippen molar-refractivity contribution >= 4 is 49.8 Å². The average molecular weight is 791 g/mol. The smallest absolute Gasteiger partial charge is 0.387 e. The summed E-state index contributed by atoms with van der Waals surface area (Å²) in [5.41, 5.74) is -5.08. The molecule has 0 aliphatic heterocycles. The lowest BCUT2D eigenvalue weighted by atomic mass is 9.70. The highest BCUT2D eigenvalue weighted by Gasteiger charge is 2.64. The number of aromatic nitrogens is 2. The summed E-state index contributed by atoms with van der Waals surface area (Å²) in [7, 11) is -11.8. The Balaban J connectivity index is 1.70. The van der Waals surface area contributed by atoms with Crippen LogP contribution >= 0.6 is 38.8 Å². The highest BCUT2D eigenvalue weighted by atomic mass is 35.5. The number of rotatable bonds is 8. The van der Waals surface area contributed by atoms with Gasteiger partial charge in [-0.05, 0) is 30.3 Å². The number of nitrogens with one attached hydrogen (secondary N) is 1. The first kappa shape index (κ1) is 39.2. The van der Waals surface area contributed by atoms with Gasteiger partial charge in [0.15, 0.2) is 5.60 Å². The molecule has 0 amide bonds. The first-order valence-corrected chi connectivity index (χ1v) is 18.0.